The van der Waals surface area contributed by atoms with Gasteiger partial charge in [0.1, 0.15) is 0 Å². The van der Waals surface area contributed by atoms with Crippen molar-refractivity contribution in [2.75, 3.05) is 7.11 Å². The number of aliphatic hydroxyl groups excluding tert-OH is 1. The Bertz CT molecular complexity index is 822. The number of hydrogen-bond acceptors (Lipinski definition) is 4. The number of benzene rings is 2. The first-order valence-electron chi connectivity index (χ1n) is 8.02. The lowest BCUT2D eigenvalue weighted by Gasteiger charge is -2.17. The molecule has 2 aromatic carbocycles. The minimum Gasteiger partial charge on any atom is -0.431 e. The van der Waals surface area contributed by atoms with E-state index in [9.17, 15) is 17.6 Å². The van der Waals surface area contributed by atoms with Crippen LogP contribution in [0.5, 0.6) is 11.5 Å². The average molecular weight is 530 g/mol. The normalized spacial score (nSPS) is 11.7. The average Bonchev–Trinajstić information content (AvgIpc) is 2.63. The molecular weight excluding hydrogens is 511 g/mol. The standard InChI is InChI=1S/C18H15F4IO2S.CH4O/c1-10(2)14(5-6-26-23)12-4-3-11-8-15(24-17(19)20)16(25-18(21)22)9-13(11)7-12;1-2/h3-4,7-10,14,17-18H,1-2H3;2H,1H3. The number of fused-ring (bicyclic) bond motifs is 1. The second-order valence-electron chi connectivity index (χ2n) is 5.71. The molecule has 0 aliphatic heterocycles. The molecule has 0 spiro atoms. The smallest absolute Gasteiger partial charge is 0.387 e. The van der Waals surface area contributed by atoms with Crippen molar-refractivity contribution >= 4 is 40.9 Å². The Labute approximate surface area is 177 Å². The Morgan fingerprint density at radius 3 is 1.93 bits per heavy atom. The molecule has 9 heteroatoms. The fraction of sp³-hybridized carbons (Fsp3) is 0.368. The third-order valence-electron chi connectivity index (χ3n) is 3.64. The first kappa shape index (κ1) is 24.7. The lowest BCUT2D eigenvalue weighted by atomic mass is 9.88. The highest BCUT2D eigenvalue weighted by atomic mass is 127. The number of hydrogen-bond donors (Lipinski definition) is 1. The van der Waals surface area contributed by atoms with Crippen LogP contribution < -0.4 is 9.47 Å². The summed E-state index contributed by atoms with van der Waals surface area (Å²) >= 11 is 2.09. The molecule has 0 amide bonds. The van der Waals surface area contributed by atoms with Gasteiger partial charge in [0.05, 0.1) is 0 Å². The zero-order valence-electron chi connectivity index (χ0n) is 15.3. The summed E-state index contributed by atoms with van der Waals surface area (Å²) in [5.41, 5.74) is 0.913. The van der Waals surface area contributed by atoms with Crippen molar-refractivity contribution in [1.82, 2.24) is 0 Å². The third-order valence-corrected chi connectivity index (χ3v) is 4.49. The van der Waals surface area contributed by atoms with Crippen molar-refractivity contribution in [3.63, 3.8) is 0 Å². The number of alkyl halides is 4. The van der Waals surface area contributed by atoms with Gasteiger partial charge in [-0.3, -0.25) is 0 Å². The van der Waals surface area contributed by atoms with Gasteiger partial charge < -0.3 is 14.6 Å². The van der Waals surface area contributed by atoms with Crippen LogP contribution in [-0.2, 0) is 0 Å². The van der Waals surface area contributed by atoms with E-state index >= 15 is 0 Å². The molecule has 0 heterocycles. The van der Waals surface area contributed by atoms with Gasteiger partial charge in [-0.1, -0.05) is 31.9 Å². The van der Waals surface area contributed by atoms with Gasteiger partial charge in [0.15, 0.2) is 11.5 Å². The minimum absolute atomic E-state index is 0.0434. The van der Waals surface area contributed by atoms with Crippen molar-refractivity contribution in [1.29, 1.82) is 0 Å². The molecule has 3 nitrogen and oxygen atoms in total. The van der Waals surface area contributed by atoms with Crippen LogP contribution in [0.4, 0.5) is 17.6 Å². The predicted octanol–water partition coefficient (Wildman–Crippen LogP) is 6.43. The van der Waals surface area contributed by atoms with Gasteiger partial charge in [-0.15, -0.1) is 0 Å². The van der Waals surface area contributed by atoms with Gasteiger partial charge in [0, 0.05) is 34.2 Å². The number of rotatable bonds is 6. The Kier molecular flexibility index (Phi) is 10.8. The molecule has 0 aliphatic carbocycles. The molecule has 0 aromatic heterocycles. The van der Waals surface area contributed by atoms with Crippen LogP contribution in [0.2, 0.25) is 0 Å². The molecule has 1 unspecified atom stereocenters. The molecule has 0 fully saturated rings. The van der Waals surface area contributed by atoms with E-state index in [0.717, 1.165) is 12.7 Å². The molecule has 0 aliphatic rings. The largest absolute Gasteiger partial charge is 0.431 e. The summed E-state index contributed by atoms with van der Waals surface area (Å²) < 4.78 is 58.9. The van der Waals surface area contributed by atoms with Gasteiger partial charge in [0.25, 0.3) is 0 Å². The molecule has 1 N–H and O–H groups in total. The first-order chi connectivity index (χ1) is 13.3. The SMILES string of the molecule is CC(C)C(C#CSI)c1ccc2cc(OC(F)F)c(OC(F)F)cc2c1.CO. The van der Waals surface area contributed by atoms with Crippen LogP contribution in [0.1, 0.15) is 25.3 Å². The molecule has 154 valence electrons. The quantitative estimate of drug-likeness (QED) is 0.265. The lowest BCUT2D eigenvalue weighted by Crippen LogP contribution is -2.08. The zero-order chi connectivity index (χ0) is 21.3. The molecule has 0 radical (unpaired) electrons. The van der Waals surface area contributed by atoms with Crippen molar-refractivity contribution in [2.24, 2.45) is 5.92 Å². The highest BCUT2D eigenvalue weighted by Crippen LogP contribution is 2.36. The maximum absolute atomic E-state index is 12.6. The highest BCUT2D eigenvalue weighted by Gasteiger charge is 2.18. The Hall–Kier alpha value is -1.38. The van der Waals surface area contributed by atoms with Crippen LogP contribution in [0, 0.1) is 17.1 Å². The third kappa shape index (κ3) is 7.22. The maximum Gasteiger partial charge on any atom is 0.387 e. The molecule has 28 heavy (non-hydrogen) atoms. The molecule has 0 saturated heterocycles. The van der Waals surface area contributed by atoms with Gasteiger partial charge in [0.2, 0.25) is 0 Å². The first-order valence-corrected chi connectivity index (χ1v) is 11.4. The van der Waals surface area contributed by atoms with Crippen LogP contribution in [0.15, 0.2) is 30.3 Å². The second-order valence-corrected chi connectivity index (χ2v) is 7.39. The molecule has 0 saturated carbocycles. The number of aliphatic hydroxyl groups is 1. The molecule has 1 atom stereocenters. The van der Waals surface area contributed by atoms with Gasteiger partial charge >= 0.3 is 13.2 Å². The monoisotopic (exact) mass is 530 g/mol. The van der Waals surface area contributed by atoms with E-state index in [1.165, 1.54) is 21.1 Å². The Morgan fingerprint density at radius 1 is 0.929 bits per heavy atom. The molecule has 2 aromatic rings. The van der Waals surface area contributed by atoms with Gasteiger partial charge in [-0.2, -0.15) is 17.6 Å². The fourth-order valence-corrected chi connectivity index (χ4v) is 3.12. The molecule has 0 bridgehead atoms. The zero-order valence-corrected chi connectivity index (χ0v) is 18.2. The predicted molar refractivity (Wildman–Crippen MR) is 112 cm³/mol. The maximum atomic E-state index is 12.6. The van der Waals surface area contributed by atoms with E-state index in [0.29, 0.717) is 10.8 Å². The summed E-state index contributed by atoms with van der Waals surface area (Å²) in [6.07, 6.45) is 0. The van der Waals surface area contributed by atoms with E-state index in [4.69, 9.17) is 5.11 Å². The van der Waals surface area contributed by atoms with E-state index in [2.05, 4.69) is 41.9 Å². The van der Waals surface area contributed by atoms with Crippen LogP contribution in [-0.4, -0.2) is 25.4 Å². The summed E-state index contributed by atoms with van der Waals surface area (Å²) in [7, 11) is 2.38. The summed E-state index contributed by atoms with van der Waals surface area (Å²) in [5.74, 6) is 2.50. The van der Waals surface area contributed by atoms with Crippen LogP contribution >= 0.6 is 30.1 Å². The van der Waals surface area contributed by atoms with Gasteiger partial charge in [-0.25, -0.2) is 0 Å². The van der Waals surface area contributed by atoms with Crippen molar-refractivity contribution in [3.05, 3.63) is 35.9 Å². The van der Waals surface area contributed by atoms with E-state index in [-0.39, 0.29) is 11.8 Å². The van der Waals surface area contributed by atoms with Crippen molar-refractivity contribution in [3.8, 4) is 22.7 Å². The summed E-state index contributed by atoms with van der Waals surface area (Å²) in [6.45, 7) is -2.22. The number of halogens is 5. The van der Waals surface area contributed by atoms with Gasteiger partial charge in [-0.05, 0) is 54.6 Å². The van der Waals surface area contributed by atoms with E-state index in [1.807, 2.05) is 19.9 Å². The Morgan fingerprint density at radius 2 is 1.46 bits per heavy atom. The summed E-state index contributed by atoms with van der Waals surface area (Å²) in [6, 6.07) is 7.92. The van der Waals surface area contributed by atoms with Crippen molar-refractivity contribution < 1.29 is 32.1 Å². The van der Waals surface area contributed by atoms with E-state index in [1.54, 1.807) is 12.1 Å². The van der Waals surface area contributed by atoms with Crippen LogP contribution in [0.25, 0.3) is 10.8 Å². The highest BCUT2D eigenvalue weighted by molar-refractivity contribution is 14.2. The molecular formula is C19H19F4IO3S. The van der Waals surface area contributed by atoms with Crippen LogP contribution in [0.3, 0.4) is 0 Å². The lowest BCUT2D eigenvalue weighted by molar-refractivity contribution is -0.0690. The number of ether oxygens (including phenoxy) is 2. The Balaban J connectivity index is 0.00000190. The summed E-state index contributed by atoms with van der Waals surface area (Å²) in [4.78, 5) is 0. The van der Waals surface area contributed by atoms with Crippen molar-refractivity contribution in [2.45, 2.75) is 33.0 Å². The molecule has 2 rings (SSSR count). The fourth-order valence-electron chi connectivity index (χ4n) is 2.56. The summed E-state index contributed by atoms with van der Waals surface area (Å²) in [5, 5.41) is 11.1. The second kappa shape index (κ2) is 12.2. The minimum atomic E-state index is -3.15. The van der Waals surface area contributed by atoms with E-state index < -0.39 is 24.7 Å². The topological polar surface area (TPSA) is 38.7 Å².